The van der Waals surface area contributed by atoms with Gasteiger partial charge in [-0.25, -0.2) is 9.37 Å². The molecule has 5 aromatic rings. The van der Waals surface area contributed by atoms with Crippen LogP contribution < -0.4 is 0 Å². The zero-order valence-electron chi connectivity index (χ0n) is 13.7. The molecule has 0 unspecified atom stereocenters. The van der Waals surface area contributed by atoms with Gasteiger partial charge >= 0.3 is 0 Å². The number of imidazole rings is 1. The van der Waals surface area contributed by atoms with Gasteiger partial charge in [0.1, 0.15) is 11.6 Å². The molecule has 0 saturated carbocycles. The summed E-state index contributed by atoms with van der Waals surface area (Å²) in [4.78, 5) is 4.85. The minimum atomic E-state index is -0.171. The Morgan fingerprint density at radius 1 is 1.00 bits per heavy atom. The second-order valence-corrected chi connectivity index (χ2v) is 7.12. The topological polar surface area (TPSA) is 17.8 Å². The fourth-order valence-corrected chi connectivity index (χ4v) is 4.79. The fourth-order valence-electron chi connectivity index (χ4n) is 3.57. The van der Waals surface area contributed by atoms with Crippen molar-refractivity contribution in [2.75, 3.05) is 0 Å². The van der Waals surface area contributed by atoms with E-state index in [2.05, 4.69) is 17.6 Å². The van der Waals surface area contributed by atoms with E-state index in [0.717, 1.165) is 43.8 Å². The Morgan fingerprint density at radius 2 is 1.80 bits per heavy atom. The number of hydrogen-bond acceptors (Lipinski definition) is 2. The maximum Gasteiger partial charge on any atom is 0.142 e. The van der Waals surface area contributed by atoms with Crippen molar-refractivity contribution in [2.45, 2.75) is 13.5 Å². The molecule has 0 aliphatic rings. The summed E-state index contributed by atoms with van der Waals surface area (Å²) in [5.41, 5.74) is 3.08. The molecule has 3 aromatic carbocycles. The number of para-hydroxylation sites is 2. The van der Waals surface area contributed by atoms with Gasteiger partial charge in [-0.2, -0.15) is 0 Å². The number of fused-ring (bicyclic) bond motifs is 4. The summed E-state index contributed by atoms with van der Waals surface area (Å²) in [6.45, 7) is 2.93. The van der Waals surface area contributed by atoms with Gasteiger partial charge in [-0.3, -0.25) is 0 Å². The molecule has 25 heavy (non-hydrogen) atoms. The lowest BCUT2D eigenvalue weighted by Gasteiger charge is -2.07. The Morgan fingerprint density at radius 3 is 2.68 bits per heavy atom. The van der Waals surface area contributed by atoms with Crippen LogP contribution in [0.25, 0.3) is 42.6 Å². The molecular formula is C21H15FN2S. The largest absolute Gasteiger partial charge is 0.324 e. The number of benzene rings is 3. The maximum atomic E-state index is 14.6. The molecule has 2 nitrogen and oxygen atoms in total. The van der Waals surface area contributed by atoms with Gasteiger partial charge in [-0.1, -0.05) is 30.3 Å². The molecule has 0 spiro atoms. The minimum absolute atomic E-state index is 0.171. The van der Waals surface area contributed by atoms with Crippen LogP contribution in [0.15, 0.2) is 60.7 Å². The van der Waals surface area contributed by atoms with Crippen molar-refractivity contribution in [1.82, 2.24) is 9.55 Å². The van der Waals surface area contributed by atoms with Crippen LogP contribution in [0.5, 0.6) is 0 Å². The third kappa shape index (κ3) is 2.04. The summed E-state index contributed by atoms with van der Waals surface area (Å²) in [5, 5.41) is 1.67. The smallest absolute Gasteiger partial charge is 0.142 e. The number of hydrogen-bond donors (Lipinski definition) is 0. The van der Waals surface area contributed by atoms with Crippen LogP contribution in [0.2, 0.25) is 0 Å². The number of aromatic nitrogens is 2. The second kappa shape index (κ2) is 5.39. The molecule has 4 heteroatoms. The predicted molar refractivity (Wildman–Crippen MR) is 104 cm³/mol. The van der Waals surface area contributed by atoms with Gasteiger partial charge in [-0.15, -0.1) is 11.3 Å². The van der Waals surface area contributed by atoms with Gasteiger partial charge in [0.05, 0.1) is 11.0 Å². The molecule has 0 bridgehead atoms. The van der Waals surface area contributed by atoms with E-state index >= 15 is 0 Å². The summed E-state index contributed by atoms with van der Waals surface area (Å²) < 4.78 is 18.9. The zero-order valence-corrected chi connectivity index (χ0v) is 14.5. The first-order chi connectivity index (χ1) is 12.3. The van der Waals surface area contributed by atoms with Crippen LogP contribution in [0.1, 0.15) is 6.92 Å². The first-order valence-electron chi connectivity index (χ1n) is 8.33. The molecule has 0 atom stereocenters. The van der Waals surface area contributed by atoms with E-state index in [9.17, 15) is 4.39 Å². The lowest BCUT2D eigenvalue weighted by atomic mass is 10.1. The summed E-state index contributed by atoms with van der Waals surface area (Å²) in [5.74, 6) is 0.732. The van der Waals surface area contributed by atoms with Gasteiger partial charge in [0.2, 0.25) is 0 Å². The molecule has 0 aliphatic carbocycles. The SMILES string of the molecule is CCn1c(-c2ccc(F)c3c2sc2ccccc23)nc2ccccc21. The fraction of sp³-hybridized carbons (Fsp3) is 0.0952. The number of halogens is 1. The van der Waals surface area contributed by atoms with Crippen LogP contribution in [0.4, 0.5) is 4.39 Å². The summed E-state index contributed by atoms with van der Waals surface area (Å²) in [7, 11) is 0. The number of aryl methyl sites for hydroxylation is 1. The molecule has 0 fully saturated rings. The van der Waals surface area contributed by atoms with E-state index in [1.165, 1.54) is 0 Å². The third-order valence-corrected chi connectivity index (χ3v) is 5.89. The molecule has 0 N–H and O–H groups in total. The van der Waals surface area contributed by atoms with E-state index in [1.54, 1.807) is 17.4 Å². The van der Waals surface area contributed by atoms with Gasteiger partial charge in [0.25, 0.3) is 0 Å². The monoisotopic (exact) mass is 346 g/mol. The van der Waals surface area contributed by atoms with Crippen molar-refractivity contribution in [3.63, 3.8) is 0 Å². The molecule has 0 radical (unpaired) electrons. The minimum Gasteiger partial charge on any atom is -0.324 e. The van der Waals surface area contributed by atoms with Crippen LogP contribution in [-0.4, -0.2) is 9.55 Å². The average Bonchev–Trinajstić information content (AvgIpc) is 3.20. The van der Waals surface area contributed by atoms with Gasteiger partial charge in [0.15, 0.2) is 0 Å². The molecular weight excluding hydrogens is 331 g/mol. The van der Waals surface area contributed by atoms with Gasteiger partial charge < -0.3 is 4.57 Å². The van der Waals surface area contributed by atoms with Crippen molar-refractivity contribution in [2.24, 2.45) is 0 Å². The van der Waals surface area contributed by atoms with Crippen molar-refractivity contribution in [1.29, 1.82) is 0 Å². The molecule has 0 saturated heterocycles. The third-order valence-electron chi connectivity index (χ3n) is 4.69. The lowest BCUT2D eigenvalue weighted by Crippen LogP contribution is -1.97. The standard InChI is InChI=1S/C21H15FN2S/c1-2-24-17-9-5-4-8-16(17)23-21(24)14-11-12-15(22)19-13-7-3-6-10-18(13)25-20(14)19/h3-12H,2H2,1H3. The Balaban J connectivity index is 1.92. The van der Waals surface area contributed by atoms with Crippen LogP contribution in [-0.2, 0) is 6.54 Å². The first-order valence-corrected chi connectivity index (χ1v) is 9.15. The average molecular weight is 346 g/mol. The number of rotatable bonds is 2. The number of nitrogens with zero attached hydrogens (tertiary/aromatic N) is 2. The van der Waals surface area contributed by atoms with E-state index in [1.807, 2.05) is 48.5 Å². The highest BCUT2D eigenvalue weighted by molar-refractivity contribution is 7.26. The Hall–Kier alpha value is -2.72. The highest BCUT2D eigenvalue weighted by Gasteiger charge is 2.18. The Bertz CT molecular complexity index is 1250. The normalized spacial score (nSPS) is 11.8. The van der Waals surface area contributed by atoms with Gasteiger partial charge in [0, 0.05) is 32.3 Å². The molecule has 0 amide bonds. The summed E-state index contributed by atoms with van der Waals surface area (Å²) in [6.07, 6.45) is 0. The molecule has 2 heterocycles. The number of thiophene rings is 1. The second-order valence-electron chi connectivity index (χ2n) is 6.07. The maximum absolute atomic E-state index is 14.6. The Kier molecular flexibility index (Phi) is 3.15. The van der Waals surface area contributed by atoms with Crippen molar-refractivity contribution >= 4 is 42.5 Å². The molecule has 122 valence electrons. The zero-order chi connectivity index (χ0) is 17.0. The molecule has 5 rings (SSSR count). The molecule has 0 aliphatic heterocycles. The van der Waals surface area contributed by atoms with E-state index in [0.29, 0.717) is 5.39 Å². The Labute approximate surface area is 148 Å². The lowest BCUT2D eigenvalue weighted by molar-refractivity contribution is 0.641. The van der Waals surface area contributed by atoms with Gasteiger partial charge in [-0.05, 0) is 37.3 Å². The van der Waals surface area contributed by atoms with Crippen LogP contribution in [0.3, 0.4) is 0 Å². The quantitative estimate of drug-likeness (QED) is 0.370. The van der Waals surface area contributed by atoms with E-state index in [4.69, 9.17) is 4.98 Å². The van der Waals surface area contributed by atoms with Crippen molar-refractivity contribution < 1.29 is 4.39 Å². The summed E-state index contributed by atoms with van der Waals surface area (Å²) in [6, 6.07) is 19.6. The van der Waals surface area contributed by atoms with E-state index < -0.39 is 0 Å². The first kappa shape index (κ1) is 14.6. The van der Waals surface area contributed by atoms with Crippen LogP contribution >= 0.6 is 11.3 Å². The van der Waals surface area contributed by atoms with E-state index in [-0.39, 0.29) is 5.82 Å². The predicted octanol–water partition coefficient (Wildman–Crippen LogP) is 6.23. The van der Waals surface area contributed by atoms with Crippen LogP contribution in [0, 0.1) is 5.82 Å². The van der Waals surface area contributed by atoms with Crippen molar-refractivity contribution in [3.8, 4) is 11.4 Å². The highest BCUT2D eigenvalue weighted by Crippen LogP contribution is 2.41. The molecule has 2 aromatic heterocycles. The highest BCUT2D eigenvalue weighted by atomic mass is 32.1. The van der Waals surface area contributed by atoms with Crippen molar-refractivity contribution in [3.05, 3.63) is 66.5 Å². The summed E-state index contributed by atoms with van der Waals surface area (Å²) >= 11 is 1.63.